The quantitative estimate of drug-likeness (QED) is 0.494. The number of carbonyl (C=O) groups is 1. The zero-order chi connectivity index (χ0) is 24.2. The summed E-state index contributed by atoms with van der Waals surface area (Å²) < 4.78 is 52.0. The zero-order valence-electron chi connectivity index (χ0n) is 17.4. The summed E-state index contributed by atoms with van der Waals surface area (Å²) in [7, 11) is 1.28. The molecule has 0 unspecified atom stereocenters. The van der Waals surface area contributed by atoms with Crippen LogP contribution in [0.4, 0.5) is 13.2 Å². The van der Waals surface area contributed by atoms with Crippen molar-refractivity contribution >= 4 is 6.29 Å². The lowest BCUT2D eigenvalue weighted by atomic mass is 10.1. The van der Waals surface area contributed by atoms with Crippen molar-refractivity contribution < 1.29 is 27.4 Å². The van der Waals surface area contributed by atoms with Gasteiger partial charge in [0.25, 0.3) is 5.56 Å². The number of benzene rings is 1. The van der Waals surface area contributed by atoms with Crippen molar-refractivity contribution in [1.82, 2.24) is 19.7 Å². The van der Waals surface area contributed by atoms with Gasteiger partial charge < -0.3 is 9.47 Å². The molecule has 0 N–H and O–H groups in total. The van der Waals surface area contributed by atoms with E-state index >= 15 is 0 Å². The van der Waals surface area contributed by atoms with Gasteiger partial charge in [-0.05, 0) is 36.2 Å². The van der Waals surface area contributed by atoms with Gasteiger partial charge in [-0.25, -0.2) is 4.98 Å². The second-order valence-corrected chi connectivity index (χ2v) is 6.71. The van der Waals surface area contributed by atoms with Crippen molar-refractivity contribution in [2.45, 2.75) is 26.1 Å². The first-order valence-electron chi connectivity index (χ1n) is 9.44. The van der Waals surface area contributed by atoms with E-state index < -0.39 is 23.2 Å². The van der Waals surface area contributed by atoms with Gasteiger partial charge in [0.2, 0.25) is 11.6 Å². The van der Waals surface area contributed by atoms with E-state index in [1.165, 1.54) is 25.3 Å². The monoisotopic (exact) mass is 459 g/mol. The molecule has 0 saturated heterocycles. The molecule has 2 heterocycles. The number of methoxy groups -OCH3 is 1. The maximum absolute atomic E-state index is 13.6. The molecule has 12 heteroatoms. The summed E-state index contributed by atoms with van der Waals surface area (Å²) in [6.07, 6.45) is -3.36. The summed E-state index contributed by atoms with van der Waals surface area (Å²) in [4.78, 5) is 27.4. The predicted molar refractivity (Wildman–Crippen MR) is 107 cm³/mol. The number of hydrogen-bond acceptors (Lipinski definition) is 8. The number of nitriles is 1. The van der Waals surface area contributed by atoms with Gasteiger partial charge in [-0.3, -0.25) is 14.2 Å². The van der Waals surface area contributed by atoms with Crippen molar-refractivity contribution in [1.29, 1.82) is 5.26 Å². The SMILES string of the molecule is CCc1cc(C#N)cc(Oc2c(C(F)(F)F)ncn(Cc3cc(C=O)nnc3OC)c2=O)c1. The van der Waals surface area contributed by atoms with E-state index in [2.05, 4.69) is 15.2 Å². The summed E-state index contributed by atoms with van der Waals surface area (Å²) in [6, 6.07) is 7.40. The van der Waals surface area contributed by atoms with Gasteiger partial charge in [0.15, 0.2) is 12.0 Å². The fraction of sp³-hybridized carbons (Fsp3) is 0.238. The highest BCUT2D eigenvalue weighted by Crippen LogP contribution is 2.35. The molecule has 2 aromatic heterocycles. The van der Waals surface area contributed by atoms with Crippen LogP contribution in [0.3, 0.4) is 0 Å². The predicted octanol–water partition coefficient (Wildman–Crippen LogP) is 3.15. The van der Waals surface area contributed by atoms with E-state index in [1.54, 1.807) is 13.0 Å². The van der Waals surface area contributed by atoms with Crippen molar-refractivity contribution in [2.75, 3.05) is 7.11 Å². The number of nitrogens with zero attached hydrogens (tertiary/aromatic N) is 5. The van der Waals surface area contributed by atoms with Crippen LogP contribution in [0.1, 0.15) is 39.8 Å². The normalized spacial score (nSPS) is 11.0. The van der Waals surface area contributed by atoms with E-state index in [1.807, 2.05) is 6.07 Å². The Bertz CT molecular complexity index is 1300. The first-order valence-corrected chi connectivity index (χ1v) is 9.44. The Morgan fingerprint density at radius 2 is 1.97 bits per heavy atom. The third-order valence-corrected chi connectivity index (χ3v) is 4.50. The summed E-state index contributed by atoms with van der Waals surface area (Å²) in [6.45, 7) is 1.47. The van der Waals surface area contributed by atoms with Crippen LogP contribution < -0.4 is 15.0 Å². The first kappa shape index (κ1) is 23.4. The molecule has 0 amide bonds. The lowest BCUT2D eigenvalue weighted by Crippen LogP contribution is -2.27. The van der Waals surface area contributed by atoms with E-state index in [-0.39, 0.29) is 35.0 Å². The number of alkyl halides is 3. The molecular weight excluding hydrogens is 443 g/mol. The average molecular weight is 459 g/mol. The van der Waals surface area contributed by atoms with Gasteiger partial charge in [-0.15, -0.1) is 10.2 Å². The molecule has 33 heavy (non-hydrogen) atoms. The maximum atomic E-state index is 13.6. The van der Waals surface area contributed by atoms with E-state index in [4.69, 9.17) is 9.47 Å². The molecular formula is C21H16F3N5O4. The second-order valence-electron chi connectivity index (χ2n) is 6.71. The van der Waals surface area contributed by atoms with Gasteiger partial charge in [0.05, 0.1) is 31.6 Å². The Labute approximate surface area is 185 Å². The number of aryl methyl sites for hydroxylation is 1. The topological polar surface area (TPSA) is 120 Å². The number of halogens is 3. The Morgan fingerprint density at radius 3 is 2.58 bits per heavy atom. The summed E-state index contributed by atoms with van der Waals surface area (Å²) in [5, 5.41) is 16.5. The lowest BCUT2D eigenvalue weighted by Gasteiger charge is -2.15. The number of rotatable bonds is 7. The van der Waals surface area contributed by atoms with Crippen LogP contribution in [-0.2, 0) is 19.1 Å². The van der Waals surface area contributed by atoms with Gasteiger partial charge in [-0.1, -0.05) is 6.92 Å². The Morgan fingerprint density at radius 1 is 1.21 bits per heavy atom. The van der Waals surface area contributed by atoms with Crippen LogP contribution in [0, 0.1) is 11.3 Å². The molecule has 0 spiro atoms. The van der Waals surface area contributed by atoms with Gasteiger partial charge >= 0.3 is 6.18 Å². The number of aldehydes is 1. The number of carbonyl (C=O) groups excluding carboxylic acids is 1. The minimum Gasteiger partial charge on any atom is -0.480 e. The van der Waals surface area contributed by atoms with Crippen LogP contribution in [0.15, 0.2) is 35.4 Å². The fourth-order valence-electron chi connectivity index (χ4n) is 2.95. The van der Waals surface area contributed by atoms with Crippen molar-refractivity contribution in [3.8, 4) is 23.4 Å². The molecule has 0 bridgehead atoms. The first-order chi connectivity index (χ1) is 15.7. The molecule has 0 aliphatic rings. The average Bonchev–Trinajstić information content (AvgIpc) is 2.80. The molecule has 0 atom stereocenters. The number of aromatic nitrogens is 4. The molecule has 0 aliphatic carbocycles. The van der Waals surface area contributed by atoms with Gasteiger partial charge in [-0.2, -0.15) is 18.4 Å². The molecule has 3 aromatic rings. The van der Waals surface area contributed by atoms with Crippen LogP contribution >= 0.6 is 0 Å². The van der Waals surface area contributed by atoms with Gasteiger partial charge in [0.1, 0.15) is 11.4 Å². The molecule has 0 radical (unpaired) electrons. The minimum absolute atomic E-state index is 0.0239. The summed E-state index contributed by atoms with van der Waals surface area (Å²) in [5.74, 6) is -1.19. The lowest BCUT2D eigenvalue weighted by molar-refractivity contribution is -0.142. The minimum atomic E-state index is -4.98. The van der Waals surface area contributed by atoms with Crippen molar-refractivity contribution in [3.63, 3.8) is 0 Å². The maximum Gasteiger partial charge on any atom is 0.437 e. The molecule has 0 saturated carbocycles. The summed E-state index contributed by atoms with van der Waals surface area (Å²) in [5.41, 5.74) is -1.70. The Hall–Kier alpha value is -4.27. The highest BCUT2D eigenvalue weighted by molar-refractivity contribution is 5.71. The smallest absolute Gasteiger partial charge is 0.437 e. The van der Waals surface area contributed by atoms with Crippen LogP contribution in [-0.4, -0.2) is 33.1 Å². The highest BCUT2D eigenvalue weighted by Gasteiger charge is 2.38. The molecule has 0 aliphatic heterocycles. The third kappa shape index (κ3) is 5.15. The van der Waals surface area contributed by atoms with Crippen LogP contribution in [0.5, 0.6) is 17.4 Å². The molecule has 3 rings (SSSR count). The zero-order valence-corrected chi connectivity index (χ0v) is 17.4. The second kappa shape index (κ2) is 9.47. The van der Waals surface area contributed by atoms with Gasteiger partial charge in [0, 0.05) is 5.56 Å². The standard InChI is InChI=1S/C21H16F3N5O4/c1-3-12-4-13(8-25)6-16(5-12)33-17-18(21(22,23)24)26-11-29(20(17)31)9-14-7-15(10-30)27-28-19(14)32-2/h4-7,10-11H,3,9H2,1-2H3. The highest BCUT2D eigenvalue weighted by atomic mass is 19.4. The van der Waals surface area contributed by atoms with Crippen LogP contribution in [0.2, 0.25) is 0 Å². The molecule has 170 valence electrons. The largest absolute Gasteiger partial charge is 0.480 e. The Kier molecular flexibility index (Phi) is 6.72. The van der Waals surface area contributed by atoms with Crippen molar-refractivity contribution in [3.05, 3.63) is 69.0 Å². The molecule has 9 nitrogen and oxygen atoms in total. The van der Waals surface area contributed by atoms with E-state index in [9.17, 15) is 28.0 Å². The molecule has 1 aromatic carbocycles. The molecule has 0 fully saturated rings. The fourth-order valence-corrected chi connectivity index (χ4v) is 2.95. The third-order valence-electron chi connectivity index (χ3n) is 4.50. The van der Waals surface area contributed by atoms with Crippen molar-refractivity contribution in [2.24, 2.45) is 0 Å². The Balaban J connectivity index is 2.13. The van der Waals surface area contributed by atoms with Crippen LogP contribution in [0.25, 0.3) is 0 Å². The number of hydrogen-bond donors (Lipinski definition) is 0. The van der Waals surface area contributed by atoms with E-state index in [0.717, 1.165) is 4.57 Å². The summed E-state index contributed by atoms with van der Waals surface area (Å²) >= 11 is 0. The van der Waals surface area contributed by atoms with E-state index in [0.29, 0.717) is 24.6 Å². The number of ether oxygens (including phenoxy) is 2.